The number of hydrogen-bond donors (Lipinski definition) is 1. The monoisotopic (exact) mass is 483 g/mol. The first-order valence-corrected chi connectivity index (χ1v) is 12.8. The summed E-state index contributed by atoms with van der Waals surface area (Å²) in [7, 11) is 0. The van der Waals surface area contributed by atoms with E-state index in [4.69, 9.17) is 4.74 Å². The number of piperidine rings is 1. The van der Waals surface area contributed by atoms with Gasteiger partial charge in [-0.15, -0.1) is 5.10 Å². The van der Waals surface area contributed by atoms with Crippen molar-refractivity contribution in [3.05, 3.63) is 53.2 Å². The standard InChI is InChI=1S/C27H38FN5O2/c1-27(2,28)20-33-13-8-21(9-14-33)19-35-25-16-24(17-30-31-25)26(34)29-11-5-12-32-15-10-22-6-3-4-7-23(22)18-32/h3-4,6-7,16-17,21H,5,8-15,18-20H2,1-2H3,(H,29,34). The topological polar surface area (TPSA) is 70.6 Å². The summed E-state index contributed by atoms with van der Waals surface area (Å²) in [5, 5.41) is 11.0. The van der Waals surface area contributed by atoms with Gasteiger partial charge >= 0.3 is 0 Å². The second-order valence-electron chi connectivity index (χ2n) is 10.4. The van der Waals surface area contributed by atoms with Crippen molar-refractivity contribution in [2.45, 2.75) is 51.7 Å². The van der Waals surface area contributed by atoms with E-state index in [1.165, 1.54) is 17.3 Å². The zero-order chi connectivity index (χ0) is 24.7. The maximum absolute atomic E-state index is 13.9. The van der Waals surface area contributed by atoms with Gasteiger partial charge in [-0.05, 0) is 69.7 Å². The molecule has 2 aromatic rings. The lowest BCUT2D eigenvalue weighted by Crippen LogP contribution is -2.41. The van der Waals surface area contributed by atoms with Crippen LogP contribution in [0.15, 0.2) is 36.5 Å². The average Bonchev–Trinajstić information content (AvgIpc) is 2.85. The Morgan fingerprint density at radius 2 is 1.94 bits per heavy atom. The van der Waals surface area contributed by atoms with Crippen LogP contribution in [0.5, 0.6) is 5.88 Å². The van der Waals surface area contributed by atoms with Crippen molar-refractivity contribution in [2.24, 2.45) is 5.92 Å². The smallest absolute Gasteiger partial charge is 0.253 e. The summed E-state index contributed by atoms with van der Waals surface area (Å²) in [5.41, 5.74) is 2.15. The lowest BCUT2D eigenvalue weighted by Gasteiger charge is -2.34. The number of likely N-dealkylation sites (tertiary alicyclic amines) is 1. The first-order chi connectivity index (χ1) is 16.9. The minimum atomic E-state index is -1.17. The van der Waals surface area contributed by atoms with Gasteiger partial charge in [-0.2, -0.15) is 5.10 Å². The van der Waals surface area contributed by atoms with Crippen LogP contribution in [0.1, 0.15) is 54.6 Å². The van der Waals surface area contributed by atoms with Crippen LogP contribution in [-0.4, -0.2) is 77.4 Å². The van der Waals surface area contributed by atoms with Crippen molar-refractivity contribution in [2.75, 3.05) is 45.9 Å². The fourth-order valence-corrected chi connectivity index (χ4v) is 4.94. The molecule has 4 rings (SSSR count). The van der Waals surface area contributed by atoms with Crippen LogP contribution in [0.25, 0.3) is 0 Å². The third-order valence-electron chi connectivity index (χ3n) is 6.81. The Bertz CT molecular complexity index is 972. The van der Waals surface area contributed by atoms with Crippen LogP contribution < -0.4 is 10.1 Å². The molecule has 0 unspecified atom stereocenters. The molecule has 3 heterocycles. The Hall–Kier alpha value is -2.58. The van der Waals surface area contributed by atoms with Crippen molar-refractivity contribution < 1.29 is 13.9 Å². The normalized spacial score (nSPS) is 17.7. The van der Waals surface area contributed by atoms with Crippen molar-refractivity contribution in [1.82, 2.24) is 25.3 Å². The van der Waals surface area contributed by atoms with E-state index < -0.39 is 5.67 Å². The SMILES string of the molecule is CC(C)(F)CN1CCC(COc2cc(C(=O)NCCCN3CCc4ccccc4C3)cnn2)CC1. The number of rotatable bonds is 10. The lowest BCUT2D eigenvalue weighted by molar-refractivity contribution is 0.0826. The predicted molar refractivity (Wildman–Crippen MR) is 134 cm³/mol. The molecule has 0 saturated carbocycles. The number of fused-ring (bicyclic) bond motifs is 1. The van der Waals surface area contributed by atoms with Crippen LogP contribution in [0, 0.1) is 5.92 Å². The van der Waals surface area contributed by atoms with Crippen LogP contribution in [0.2, 0.25) is 0 Å². The largest absolute Gasteiger partial charge is 0.476 e. The Morgan fingerprint density at radius 3 is 2.71 bits per heavy atom. The molecule has 35 heavy (non-hydrogen) atoms. The molecule has 1 fully saturated rings. The first kappa shape index (κ1) is 25.5. The van der Waals surface area contributed by atoms with Crippen molar-refractivity contribution in [1.29, 1.82) is 0 Å². The van der Waals surface area contributed by atoms with Gasteiger partial charge in [-0.3, -0.25) is 9.69 Å². The third kappa shape index (κ3) is 7.97. The fourth-order valence-electron chi connectivity index (χ4n) is 4.94. The number of ether oxygens (including phenoxy) is 1. The summed E-state index contributed by atoms with van der Waals surface area (Å²) in [6.45, 7) is 9.61. The van der Waals surface area contributed by atoms with E-state index in [1.807, 2.05) is 0 Å². The maximum atomic E-state index is 13.9. The zero-order valence-electron chi connectivity index (χ0n) is 21.0. The summed E-state index contributed by atoms with van der Waals surface area (Å²) >= 11 is 0. The molecule has 1 N–H and O–H groups in total. The number of carbonyl (C=O) groups is 1. The highest BCUT2D eigenvalue weighted by Gasteiger charge is 2.25. The molecule has 7 nitrogen and oxygen atoms in total. The predicted octanol–water partition coefficient (Wildman–Crippen LogP) is 3.49. The zero-order valence-corrected chi connectivity index (χ0v) is 21.0. The molecule has 2 aliphatic heterocycles. The van der Waals surface area contributed by atoms with E-state index in [0.29, 0.717) is 37.1 Å². The van der Waals surface area contributed by atoms with Gasteiger partial charge < -0.3 is 15.0 Å². The molecule has 1 saturated heterocycles. The van der Waals surface area contributed by atoms with Crippen molar-refractivity contribution in [3.63, 3.8) is 0 Å². The Labute approximate surface area is 208 Å². The van der Waals surface area contributed by atoms with Crippen LogP contribution in [0.3, 0.4) is 0 Å². The number of benzene rings is 1. The number of nitrogens with one attached hydrogen (secondary N) is 1. The number of halogens is 1. The summed E-state index contributed by atoms with van der Waals surface area (Å²) < 4.78 is 19.7. The van der Waals surface area contributed by atoms with Crippen LogP contribution in [-0.2, 0) is 13.0 Å². The number of alkyl halides is 1. The van der Waals surface area contributed by atoms with Gasteiger partial charge in [0.15, 0.2) is 0 Å². The highest BCUT2D eigenvalue weighted by atomic mass is 19.1. The molecule has 0 spiro atoms. The van der Waals surface area contributed by atoms with Crippen LogP contribution >= 0.6 is 0 Å². The Kier molecular flexibility index (Phi) is 8.68. The van der Waals surface area contributed by atoms with E-state index in [-0.39, 0.29) is 5.91 Å². The average molecular weight is 484 g/mol. The fraction of sp³-hybridized carbons (Fsp3) is 0.593. The third-order valence-corrected chi connectivity index (χ3v) is 6.81. The van der Waals surface area contributed by atoms with Gasteiger partial charge in [0.1, 0.15) is 5.67 Å². The van der Waals surface area contributed by atoms with Gasteiger partial charge in [0.2, 0.25) is 5.88 Å². The molecule has 8 heteroatoms. The number of aromatic nitrogens is 2. The molecule has 0 atom stereocenters. The summed E-state index contributed by atoms with van der Waals surface area (Å²) in [6.07, 6.45) is 5.39. The van der Waals surface area contributed by atoms with Gasteiger partial charge in [0.25, 0.3) is 5.91 Å². The Balaban J connectivity index is 1.15. The molecular weight excluding hydrogens is 445 g/mol. The number of amides is 1. The summed E-state index contributed by atoms with van der Waals surface area (Å²) in [5.74, 6) is 0.614. The van der Waals surface area contributed by atoms with Gasteiger partial charge in [0.05, 0.1) is 18.4 Å². The van der Waals surface area contributed by atoms with Crippen molar-refractivity contribution >= 4 is 5.91 Å². The molecule has 1 aromatic carbocycles. The van der Waals surface area contributed by atoms with E-state index in [2.05, 4.69) is 49.6 Å². The highest BCUT2D eigenvalue weighted by molar-refractivity contribution is 5.94. The molecule has 1 aromatic heterocycles. The molecule has 0 radical (unpaired) electrons. The minimum absolute atomic E-state index is 0.157. The van der Waals surface area contributed by atoms with E-state index in [9.17, 15) is 9.18 Å². The van der Waals surface area contributed by atoms with E-state index in [1.54, 1.807) is 19.9 Å². The molecule has 2 aliphatic rings. The maximum Gasteiger partial charge on any atom is 0.253 e. The van der Waals surface area contributed by atoms with Crippen LogP contribution in [0.4, 0.5) is 4.39 Å². The minimum Gasteiger partial charge on any atom is -0.476 e. The quantitative estimate of drug-likeness (QED) is 0.522. The Morgan fingerprint density at radius 1 is 1.17 bits per heavy atom. The summed E-state index contributed by atoms with van der Waals surface area (Å²) in [4.78, 5) is 17.2. The number of carbonyl (C=O) groups excluding carboxylic acids is 1. The lowest BCUT2D eigenvalue weighted by atomic mass is 9.97. The molecule has 1 amide bonds. The second kappa shape index (κ2) is 11.9. The molecular formula is C27H38FN5O2. The van der Waals surface area contributed by atoms with Gasteiger partial charge in [-0.25, -0.2) is 4.39 Å². The van der Waals surface area contributed by atoms with E-state index in [0.717, 1.165) is 58.4 Å². The number of nitrogens with zero attached hydrogens (tertiary/aromatic N) is 4. The van der Waals surface area contributed by atoms with Gasteiger partial charge in [-0.1, -0.05) is 24.3 Å². The molecule has 0 bridgehead atoms. The highest BCUT2D eigenvalue weighted by Crippen LogP contribution is 2.22. The van der Waals surface area contributed by atoms with Crippen molar-refractivity contribution in [3.8, 4) is 5.88 Å². The summed E-state index contributed by atoms with van der Waals surface area (Å²) in [6, 6.07) is 10.3. The second-order valence-corrected chi connectivity index (χ2v) is 10.4. The number of hydrogen-bond acceptors (Lipinski definition) is 6. The molecule has 0 aliphatic carbocycles. The molecule has 190 valence electrons. The van der Waals surface area contributed by atoms with E-state index >= 15 is 0 Å². The first-order valence-electron chi connectivity index (χ1n) is 12.8. The van der Waals surface area contributed by atoms with Gasteiger partial charge in [0, 0.05) is 38.8 Å².